The van der Waals surface area contributed by atoms with E-state index in [1.165, 1.54) is 0 Å². The van der Waals surface area contributed by atoms with Gasteiger partial charge in [-0.15, -0.1) is 0 Å². The highest BCUT2D eigenvalue weighted by Gasteiger charge is 2.37. The Morgan fingerprint density at radius 1 is 1.40 bits per heavy atom. The second kappa shape index (κ2) is 3.46. The minimum Gasteiger partial charge on any atom is -0.369 e. The van der Waals surface area contributed by atoms with Crippen molar-refractivity contribution in [2.75, 3.05) is 0 Å². The first-order chi connectivity index (χ1) is 7.11. The number of rotatable bonds is 1. The second-order valence-electron chi connectivity index (χ2n) is 3.78. The van der Waals surface area contributed by atoms with Crippen LogP contribution in [0.4, 0.5) is 0 Å². The first kappa shape index (κ1) is 9.83. The highest BCUT2D eigenvalue weighted by Crippen LogP contribution is 2.30. The summed E-state index contributed by atoms with van der Waals surface area (Å²) >= 11 is 0. The molecule has 0 aromatic heterocycles. The lowest BCUT2D eigenvalue weighted by molar-refractivity contribution is -0.134. The molecule has 1 unspecified atom stereocenters. The fourth-order valence-corrected chi connectivity index (χ4v) is 2.01. The summed E-state index contributed by atoms with van der Waals surface area (Å²) in [6.07, 6.45) is 4.76. The van der Waals surface area contributed by atoms with Crippen molar-refractivity contribution < 1.29 is 14.4 Å². The molecule has 0 aromatic rings. The number of hydrogen-bond acceptors (Lipinski definition) is 3. The maximum Gasteiger partial charge on any atom is 0.228 e. The van der Waals surface area contributed by atoms with Gasteiger partial charge in [0.1, 0.15) is 5.92 Å². The Morgan fingerprint density at radius 3 is 2.80 bits per heavy atom. The van der Waals surface area contributed by atoms with Crippen LogP contribution in [0, 0.1) is 5.92 Å². The third kappa shape index (κ3) is 1.52. The molecule has 0 saturated heterocycles. The van der Waals surface area contributed by atoms with Crippen molar-refractivity contribution in [3.05, 3.63) is 23.3 Å². The SMILES string of the molecule is NC(=O)C1CC(=O)C2=C(CCC=C2)C1=O. The van der Waals surface area contributed by atoms with E-state index in [1.54, 1.807) is 6.08 Å². The Labute approximate surface area is 86.8 Å². The first-order valence-corrected chi connectivity index (χ1v) is 4.87. The zero-order valence-corrected chi connectivity index (χ0v) is 8.16. The maximum atomic E-state index is 11.8. The van der Waals surface area contributed by atoms with Gasteiger partial charge in [-0.05, 0) is 12.8 Å². The van der Waals surface area contributed by atoms with Crippen LogP contribution in [0.25, 0.3) is 0 Å². The van der Waals surface area contributed by atoms with Gasteiger partial charge in [-0.2, -0.15) is 0 Å². The average molecular weight is 205 g/mol. The van der Waals surface area contributed by atoms with E-state index >= 15 is 0 Å². The summed E-state index contributed by atoms with van der Waals surface area (Å²) in [6, 6.07) is 0. The molecule has 0 aliphatic heterocycles. The molecule has 0 aromatic carbocycles. The number of carbonyl (C=O) groups excluding carboxylic acids is 3. The molecule has 2 rings (SSSR count). The minimum absolute atomic E-state index is 0.0721. The van der Waals surface area contributed by atoms with Gasteiger partial charge >= 0.3 is 0 Å². The number of hydrogen-bond donors (Lipinski definition) is 1. The third-order valence-corrected chi connectivity index (χ3v) is 2.82. The summed E-state index contributed by atoms with van der Waals surface area (Å²) in [5.41, 5.74) is 6.05. The number of primary amides is 1. The minimum atomic E-state index is -0.942. The number of allylic oxidation sites excluding steroid dienone is 4. The monoisotopic (exact) mass is 205 g/mol. The predicted octanol–water partition coefficient (Wildman–Crippen LogP) is 0.276. The second-order valence-corrected chi connectivity index (χ2v) is 3.78. The molecule has 1 amide bonds. The summed E-state index contributed by atoms with van der Waals surface area (Å²) in [7, 11) is 0. The maximum absolute atomic E-state index is 11.8. The molecule has 0 radical (unpaired) electrons. The van der Waals surface area contributed by atoms with E-state index in [-0.39, 0.29) is 18.0 Å². The molecular formula is C11H11NO3. The van der Waals surface area contributed by atoms with E-state index in [2.05, 4.69) is 0 Å². The molecule has 0 saturated carbocycles. The van der Waals surface area contributed by atoms with Crippen LogP contribution in [-0.4, -0.2) is 17.5 Å². The van der Waals surface area contributed by atoms with Crippen LogP contribution in [0.1, 0.15) is 19.3 Å². The molecule has 0 heterocycles. The van der Waals surface area contributed by atoms with Crippen molar-refractivity contribution in [3.8, 4) is 0 Å². The molecule has 15 heavy (non-hydrogen) atoms. The molecule has 2 N–H and O–H groups in total. The zero-order chi connectivity index (χ0) is 11.0. The van der Waals surface area contributed by atoms with Crippen molar-refractivity contribution >= 4 is 17.5 Å². The van der Waals surface area contributed by atoms with E-state index in [4.69, 9.17) is 5.73 Å². The molecule has 0 spiro atoms. The molecular weight excluding hydrogens is 194 g/mol. The van der Waals surface area contributed by atoms with Crippen molar-refractivity contribution in [2.24, 2.45) is 11.7 Å². The Hall–Kier alpha value is -1.71. The molecule has 0 bridgehead atoms. The van der Waals surface area contributed by atoms with Gasteiger partial charge in [-0.1, -0.05) is 12.2 Å². The quantitative estimate of drug-likeness (QED) is 0.624. The van der Waals surface area contributed by atoms with Crippen molar-refractivity contribution in [1.29, 1.82) is 0 Å². The largest absolute Gasteiger partial charge is 0.369 e. The molecule has 0 fully saturated rings. The number of Topliss-reactive ketones (excluding diaryl/α,β-unsaturated/α-hetero) is 2. The summed E-state index contributed by atoms with van der Waals surface area (Å²) in [5.74, 6) is -2.05. The molecule has 2 aliphatic carbocycles. The number of nitrogens with two attached hydrogens (primary N) is 1. The van der Waals surface area contributed by atoms with Crippen molar-refractivity contribution in [2.45, 2.75) is 19.3 Å². The van der Waals surface area contributed by atoms with Crippen LogP contribution in [-0.2, 0) is 14.4 Å². The van der Waals surface area contributed by atoms with Crippen LogP contribution in [0.3, 0.4) is 0 Å². The fourth-order valence-electron chi connectivity index (χ4n) is 2.01. The van der Waals surface area contributed by atoms with E-state index < -0.39 is 11.8 Å². The van der Waals surface area contributed by atoms with E-state index in [9.17, 15) is 14.4 Å². The Kier molecular flexibility index (Phi) is 2.26. The van der Waals surface area contributed by atoms with Gasteiger partial charge in [0.2, 0.25) is 5.91 Å². The van der Waals surface area contributed by atoms with Crippen LogP contribution in [0.15, 0.2) is 23.3 Å². The normalized spacial score (nSPS) is 25.5. The molecule has 78 valence electrons. The third-order valence-electron chi connectivity index (χ3n) is 2.82. The number of amides is 1. The summed E-state index contributed by atoms with van der Waals surface area (Å²) in [4.78, 5) is 34.4. The molecule has 2 aliphatic rings. The van der Waals surface area contributed by atoms with Crippen LogP contribution in [0.2, 0.25) is 0 Å². The number of ketones is 2. The van der Waals surface area contributed by atoms with E-state index in [0.717, 1.165) is 6.42 Å². The summed E-state index contributed by atoms with van der Waals surface area (Å²) < 4.78 is 0. The fraction of sp³-hybridized carbons (Fsp3) is 0.364. The first-order valence-electron chi connectivity index (χ1n) is 4.87. The lowest BCUT2D eigenvalue weighted by atomic mass is 9.78. The Morgan fingerprint density at radius 2 is 2.13 bits per heavy atom. The standard InChI is InChI=1S/C11H11NO3/c12-11(15)8-5-9(13)6-3-1-2-4-7(6)10(8)14/h1,3,8H,2,4-5H2,(H2,12,15). The summed E-state index contributed by atoms with van der Waals surface area (Å²) in [6.45, 7) is 0. The Balaban J connectivity index is 2.44. The lowest BCUT2D eigenvalue weighted by Gasteiger charge is -2.23. The van der Waals surface area contributed by atoms with E-state index in [0.29, 0.717) is 17.6 Å². The van der Waals surface area contributed by atoms with E-state index in [1.807, 2.05) is 6.08 Å². The predicted molar refractivity (Wildman–Crippen MR) is 52.7 cm³/mol. The lowest BCUT2D eigenvalue weighted by Crippen LogP contribution is -2.37. The average Bonchev–Trinajstić information content (AvgIpc) is 2.23. The zero-order valence-electron chi connectivity index (χ0n) is 8.16. The number of carbonyl (C=O) groups is 3. The van der Waals surface area contributed by atoms with Crippen LogP contribution < -0.4 is 5.73 Å². The van der Waals surface area contributed by atoms with Crippen molar-refractivity contribution in [1.82, 2.24) is 0 Å². The van der Waals surface area contributed by atoms with Gasteiger partial charge in [0.25, 0.3) is 0 Å². The van der Waals surface area contributed by atoms with Gasteiger partial charge in [0, 0.05) is 17.6 Å². The smallest absolute Gasteiger partial charge is 0.228 e. The van der Waals surface area contributed by atoms with Crippen molar-refractivity contribution in [3.63, 3.8) is 0 Å². The van der Waals surface area contributed by atoms with Crippen LogP contribution in [0.5, 0.6) is 0 Å². The highest BCUT2D eigenvalue weighted by atomic mass is 16.2. The van der Waals surface area contributed by atoms with Gasteiger partial charge in [0.15, 0.2) is 11.6 Å². The van der Waals surface area contributed by atoms with Crippen LogP contribution >= 0.6 is 0 Å². The Bertz CT molecular complexity index is 418. The van der Waals surface area contributed by atoms with Gasteiger partial charge in [-0.25, -0.2) is 0 Å². The summed E-state index contributed by atoms with van der Waals surface area (Å²) in [5, 5.41) is 0. The molecule has 4 heteroatoms. The van der Waals surface area contributed by atoms with Gasteiger partial charge in [0.05, 0.1) is 0 Å². The van der Waals surface area contributed by atoms with Gasteiger partial charge in [-0.3, -0.25) is 14.4 Å². The highest BCUT2D eigenvalue weighted by molar-refractivity contribution is 6.20. The topological polar surface area (TPSA) is 77.2 Å². The molecule has 1 atom stereocenters. The van der Waals surface area contributed by atoms with Gasteiger partial charge < -0.3 is 5.73 Å². The molecule has 4 nitrogen and oxygen atoms in total.